The van der Waals surface area contributed by atoms with Crippen LogP contribution in [0.25, 0.3) is 0 Å². The van der Waals surface area contributed by atoms with E-state index in [-0.39, 0.29) is 18.3 Å². The summed E-state index contributed by atoms with van der Waals surface area (Å²) in [5.74, 6) is 3.03. The number of nitrogens with zero attached hydrogens (tertiary/aromatic N) is 1. The first-order valence-electron chi connectivity index (χ1n) is 7.08. The Morgan fingerprint density at radius 3 is 3.05 bits per heavy atom. The van der Waals surface area contributed by atoms with Crippen molar-refractivity contribution in [2.75, 3.05) is 38.2 Å². The Balaban J connectivity index is 0.00000242. The summed E-state index contributed by atoms with van der Waals surface area (Å²) in [5.41, 5.74) is 0. The maximum absolute atomic E-state index is 12.1. The minimum Gasteiger partial charge on any atom is -0.492 e. The van der Waals surface area contributed by atoms with Gasteiger partial charge < -0.3 is 15.0 Å². The van der Waals surface area contributed by atoms with Crippen molar-refractivity contribution in [2.45, 2.75) is 12.5 Å². The van der Waals surface area contributed by atoms with Gasteiger partial charge in [-0.05, 0) is 18.2 Å². The number of halogens is 2. The van der Waals surface area contributed by atoms with Crippen LogP contribution in [0.15, 0.2) is 24.3 Å². The topological polar surface area (TPSA) is 41.6 Å². The number of hydrogen-bond donors (Lipinski definition) is 1. The lowest BCUT2D eigenvalue weighted by molar-refractivity contribution is -0.130. The summed E-state index contributed by atoms with van der Waals surface area (Å²) >= 11 is 7.79. The number of carbonyl (C=O) groups is 1. The molecule has 1 aliphatic heterocycles. The van der Waals surface area contributed by atoms with Gasteiger partial charge in [0.15, 0.2) is 0 Å². The Kier molecular flexibility index (Phi) is 9.02. The molecule has 0 aromatic heterocycles. The molecule has 1 amide bonds. The number of likely N-dealkylation sites (N-methyl/N-ethyl adjacent to an activating group) is 1. The fraction of sp³-hybridized carbons (Fsp3) is 0.533. The highest BCUT2D eigenvalue weighted by molar-refractivity contribution is 7.99. The van der Waals surface area contributed by atoms with E-state index in [1.807, 2.05) is 30.9 Å². The number of amides is 1. The summed E-state index contributed by atoms with van der Waals surface area (Å²) in [6.07, 6.45) is 0.556. The molecular formula is C15H22Cl2N2O2S. The summed E-state index contributed by atoms with van der Waals surface area (Å²) in [6.45, 7) is 2.03. The molecule has 0 spiro atoms. The number of hydrogen-bond acceptors (Lipinski definition) is 4. The Labute approximate surface area is 147 Å². The molecule has 1 fully saturated rings. The zero-order chi connectivity index (χ0) is 15.1. The molecule has 1 atom stereocenters. The smallest absolute Gasteiger partial charge is 0.224 e. The molecule has 22 heavy (non-hydrogen) atoms. The number of benzene rings is 1. The fourth-order valence-electron chi connectivity index (χ4n) is 2.10. The molecule has 124 valence electrons. The van der Waals surface area contributed by atoms with E-state index in [2.05, 4.69) is 5.32 Å². The second-order valence-electron chi connectivity index (χ2n) is 5.05. The zero-order valence-corrected chi connectivity index (χ0v) is 15.0. The number of rotatable bonds is 6. The van der Waals surface area contributed by atoms with E-state index < -0.39 is 0 Å². The molecule has 1 N–H and O–H groups in total. The van der Waals surface area contributed by atoms with Gasteiger partial charge in [0.1, 0.15) is 12.4 Å². The lowest BCUT2D eigenvalue weighted by atomic mass is 10.2. The standard InChI is InChI=1S/C15H21ClN2O2S.ClH/c1-18(15(19)10-13-11-21-8-5-17-13)6-7-20-14-4-2-3-12(16)9-14;/h2-4,9,13,17H,5-8,10-11H2,1H3;1H. The van der Waals surface area contributed by atoms with Crippen LogP contribution >= 0.6 is 35.8 Å². The first-order valence-corrected chi connectivity index (χ1v) is 8.62. The summed E-state index contributed by atoms with van der Waals surface area (Å²) in [6, 6.07) is 7.58. The first kappa shape index (κ1) is 19.4. The van der Waals surface area contributed by atoms with Crippen LogP contribution in [0.1, 0.15) is 6.42 Å². The third-order valence-electron chi connectivity index (χ3n) is 3.34. The Morgan fingerprint density at radius 2 is 2.36 bits per heavy atom. The van der Waals surface area contributed by atoms with Crippen molar-refractivity contribution in [3.8, 4) is 5.75 Å². The van der Waals surface area contributed by atoms with Crippen LogP contribution < -0.4 is 10.1 Å². The van der Waals surface area contributed by atoms with Gasteiger partial charge in [0.2, 0.25) is 5.91 Å². The monoisotopic (exact) mass is 364 g/mol. The van der Waals surface area contributed by atoms with Gasteiger partial charge in [-0.15, -0.1) is 12.4 Å². The average molecular weight is 365 g/mol. The molecule has 0 aliphatic carbocycles. The molecule has 7 heteroatoms. The third-order valence-corrected chi connectivity index (χ3v) is 4.70. The Bertz CT molecular complexity index is 471. The summed E-state index contributed by atoms with van der Waals surface area (Å²) in [7, 11) is 1.82. The molecule has 1 aromatic carbocycles. The van der Waals surface area contributed by atoms with Crippen LogP contribution in [0, 0.1) is 0 Å². The van der Waals surface area contributed by atoms with E-state index in [4.69, 9.17) is 16.3 Å². The minimum atomic E-state index is 0. The zero-order valence-electron chi connectivity index (χ0n) is 12.6. The normalized spacial score (nSPS) is 17.5. The minimum absolute atomic E-state index is 0. The molecule has 1 aliphatic rings. The molecule has 4 nitrogen and oxygen atoms in total. The Hall–Kier alpha value is -0.620. The molecular weight excluding hydrogens is 343 g/mol. The molecule has 1 saturated heterocycles. The van der Waals surface area contributed by atoms with Gasteiger partial charge >= 0.3 is 0 Å². The van der Waals surface area contributed by atoms with E-state index in [0.717, 1.165) is 23.8 Å². The summed E-state index contributed by atoms with van der Waals surface area (Å²) in [5, 5.41) is 4.03. The first-order chi connectivity index (χ1) is 10.1. The van der Waals surface area contributed by atoms with E-state index in [0.29, 0.717) is 30.6 Å². The lowest BCUT2D eigenvalue weighted by Crippen LogP contribution is -2.42. The molecule has 2 rings (SSSR count). The number of thioether (sulfide) groups is 1. The average Bonchev–Trinajstić information content (AvgIpc) is 2.48. The summed E-state index contributed by atoms with van der Waals surface area (Å²) in [4.78, 5) is 13.8. The molecule has 0 saturated carbocycles. The maximum Gasteiger partial charge on any atom is 0.224 e. The van der Waals surface area contributed by atoms with Gasteiger partial charge in [0.05, 0.1) is 6.54 Å². The molecule has 1 heterocycles. The highest BCUT2D eigenvalue weighted by Gasteiger charge is 2.18. The maximum atomic E-state index is 12.1. The number of nitrogens with one attached hydrogen (secondary N) is 1. The van der Waals surface area contributed by atoms with Crippen molar-refractivity contribution in [3.05, 3.63) is 29.3 Å². The highest BCUT2D eigenvalue weighted by Crippen LogP contribution is 2.17. The van der Waals surface area contributed by atoms with Crippen LogP contribution in [0.5, 0.6) is 5.75 Å². The Morgan fingerprint density at radius 1 is 1.55 bits per heavy atom. The van der Waals surface area contributed by atoms with Crippen molar-refractivity contribution >= 4 is 41.7 Å². The van der Waals surface area contributed by atoms with Crippen molar-refractivity contribution in [3.63, 3.8) is 0 Å². The molecule has 0 radical (unpaired) electrons. The fourth-order valence-corrected chi connectivity index (χ4v) is 3.23. The second-order valence-corrected chi connectivity index (χ2v) is 6.64. The lowest BCUT2D eigenvalue weighted by Gasteiger charge is -2.25. The predicted molar refractivity (Wildman–Crippen MR) is 95.6 cm³/mol. The van der Waals surface area contributed by atoms with Gasteiger partial charge in [-0.25, -0.2) is 0 Å². The van der Waals surface area contributed by atoms with Gasteiger partial charge in [-0.3, -0.25) is 4.79 Å². The van der Waals surface area contributed by atoms with Gasteiger partial charge in [0.25, 0.3) is 0 Å². The molecule has 1 aromatic rings. The van der Waals surface area contributed by atoms with Crippen LogP contribution in [-0.4, -0.2) is 55.1 Å². The van der Waals surface area contributed by atoms with Crippen LogP contribution in [0.2, 0.25) is 5.02 Å². The number of carbonyl (C=O) groups excluding carboxylic acids is 1. The van der Waals surface area contributed by atoms with Crippen molar-refractivity contribution in [1.29, 1.82) is 0 Å². The largest absolute Gasteiger partial charge is 0.492 e. The SMILES string of the molecule is CN(CCOc1cccc(Cl)c1)C(=O)CC1CSCCN1.Cl. The molecule has 0 bridgehead atoms. The third kappa shape index (κ3) is 6.65. The summed E-state index contributed by atoms with van der Waals surface area (Å²) < 4.78 is 5.60. The van der Waals surface area contributed by atoms with Gasteiger partial charge in [-0.1, -0.05) is 17.7 Å². The van der Waals surface area contributed by atoms with Crippen LogP contribution in [0.3, 0.4) is 0 Å². The van der Waals surface area contributed by atoms with E-state index in [9.17, 15) is 4.79 Å². The van der Waals surface area contributed by atoms with Crippen LogP contribution in [-0.2, 0) is 4.79 Å². The van der Waals surface area contributed by atoms with Crippen molar-refractivity contribution in [2.24, 2.45) is 0 Å². The highest BCUT2D eigenvalue weighted by atomic mass is 35.5. The number of ether oxygens (including phenoxy) is 1. The quantitative estimate of drug-likeness (QED) is 0.842. The van der Waals surface area contributed by atoms with E-state index in [1.165, 1.54) is 0 Å². The van der Waals surface area contributed by atoms with E-state index in [1.54, 1.807) is 17.0 Å². The van der Waals surface area contributed by atoms with E-state index >= 15 is 0 Å². The van der Waals surface area contributed by atoms with Crippen molar-refractivity contribution < 1.29 is 9.53 Å². The molecule has 1 unspecified atom stereocenters. The van der Waals surface area contributed by atoms with Crippen molar-refractivity contribution in [1.82, 2.24) is 10.2 Å². The predicted octanol–water partition coefficient (Wildman–Crippen LogP) is 2.69. The van der Waals surface area contributed by atoms with Crippen LogP contribution in [0.4, 0.5) is 0 Å². The second kappa shape index (κ2) is 10.2. The van der Waals surface area contributed by atoms with Gasteiger partial charge in [-0.2, -0.15) is 11.8 Å². The van der Waals surface area contributed by atoms with Gasteiger partial charge in [0, 0.05) is 42.6 Å².